The van der Waals surface area contributed by atoms with Crippen LogP contribution in [0.2, 0.25) is 0 Å². The fraction of sp³-hybridized carbons (Fsp3) is 0.625. The maximum Gasteiger partial charge on any atom is 0.106 e. The Morgan fingerprint density at radius 3 is 3.08 bits per heavy atom. The van der Waals surface area contributed by atoms with Gasteiger partial charge in [-0.15, -0.1) is 0 Å². The minimum atomic E-state index is -0.293. The summed E-state index contributed by atoms with van der Waals surface area (Å²) in [6, 6.07) is 0. The van der Waals surface area contributed by atoms with Crippen molar-refractivity contribution in [3.8, 4) is 0 Å². The van der Waals surface area contributed by atoms with Crippen molar-refractivity contribution in [3.05, 3.63) is 11.9 Å². The van der Waals surface area contributed by atoms with E-state index in [1.165, 1.54) is 0 Å². The molecular formula is C8H13N3O. The van der Waals surface area contributed by atoms with Gasteiger partial charge in [-0.3, -0.25) is 4.68 Å². The number of anilines is 1. The number of rotatable bonds is 0. The van der Waals surface area contributed by atoms with Crippen LogP contribution in [0.3, 0.4) is 0 Å². The number of aromatic nitrogens is 2. The summed E-state index contributed by atoms with van der Waals surface area (Å²) >= 11 is 0. The van der Waals surface area contributed by atoms with Gasteiger partial charge in [0, 0.05) is 0 Å². The minimum Gasteiger partial charge on any atom is -0.396 e. The summed E-state index contributed by atoms with van der Waals surface area (Å²) in [7, 11) is 0. The molecule has 0 fully saturated rings. The maximum atomic E-state index is 5.77. The van der Waals surface area contributed by atoms with Crippen molar-refractivity contribution in [1.82, 2.24) is 9.78 Å². The molecule has 2 N–H and O–H groups in total. The fourth-order valence-electron chi connectivity index (χ4n) is 1.68. The highest BCUT2D eigenvalue weighted by molar-refractivity contribution is 5.44. The van der Waals surface area contributed by atoms with Crippen LogP contribution in [0.4, 0.5) is 5.69 Å². The van der Waals surface area contributed by atoms with Gasteiger partial charge >= 0.3 is 0 Å². The van der Waals surface area contributed by atoms with E-state index >= 15 is 0 Å². The predicted molar refractivity (Wildman–Crippen MR) is 45.6 cm³/mol. The molecule has 0 aromatic carbocycles. The molecule has 4 nitrogen and oxygen atoms in total. The van der Waals surface area contributed by atoms with Crippen molar-refractivity contribution >= 4 is 5.69 Å². The number of nitrogen functional groups attached to an aromatic ring is 1. The molecule has 1 aliphatic rings. The molecule has 0 unspecified atom stereocenters. The van der Waals surface area contributed by atoms with E-state index in [4.69, 9.17) is 10.5 Å². The molecule has 1 aromatic heterocycles. The number of nitrogens with two attached hydrogens (primary N) is 1. The van der Waals surface area contributed by atoms with E-state index in [0.29, 0.717) is 6.61 Å². The topological polar surface area (TPSA) is 53.1 Å². The van der Waals surface area contributed by atoms with Crippen molar-refractivity contribution < 1.29 is 4.74 Å². The zero-order valence-electron chi connectivity index (χ0n) is 7.37. The molecule has 2 rings (SSSR count). The van der Waals surface area contributed by atoms with E-state index in [0.717, 1.165) is 17.9 Å². The van der Waals surface area contributed by atoms with E-state index < -0.39 is 0 Å². The Balaban J connectivity index is 2.56. The summed E-state index contributed by atoms with van der Waals surface area (Å²) in [5.41, 5.74) is 7.20. The van der Waals surface area contributed by atoms with Gasteiger partial charge in [-0.25, -0.2) is 0 Å². The zero-order chi connectivity index (χ0) is 8.77. The van der Waals surface area contributed by atoms with Crippen LogP contribution >= 0.6 is 0 Å². The first-order chi connectivity index (χ1) is 5.61. The third-order valence-corrected chi connectivity index (χ3v) is 2.20. The lowest BCUT2D eigenvalue weighted by Crippen LogP contribution is -2.33. The van der Waals surface area contributed by atoms with E-state index in [1.54, 1.807) is 6.20 Å². The molecule has 1 aliphatic heterocycles. The van der Waals surface area contributed by atoms with Gasteiger partial charge in [0.2, 0.25) is 0 Å². The third-order valence-electron chi connectivity index (χ3n) is 2.20. The Kier molecular flexibility index (Phi) is 1.41. The normalized spacial score (nSPS) is 20.5. The zero-order valence-corrected chi connectivity index (χ0v) is 7.37. The Labute approximate surface area is 71.3 Å². The number of fused-ring (bicyclic) bond motifs is 1. The van der Waals surface area contributed by atoms with Gasteiger partial charge in [0.1, 0.15) is 5.60 Å². The summed E-state index contributed by atoms with van der Waals surface area (Å²) in [6.45, 7) is 5.53. The molecule has 0 spiro atoms. The van der Waals surface area contributed by atoms with Crippen molar-refractivity contribution in [2.75, 3.05) is 12.3 Å². The van der Waals surface area contributed by atoms with E-state index in [9.17, 15) is 0 Å². The number of ether oxygens (including phenoxy) is 1. The van der Waals surface area contributed by atoms with Crippen LogP contribution in [0, 0.1) is 0 Å². The highest BCUT2D eigenvalue weighted by atomic mass is 16.5. The second-order valence-corrected chi connectivity index (χ2v) is 3.53. The lowest BCUT2D eigenvalue weighted by Gasteiger charge is -2.31. The molecule has 0 bridgehead atoms. The quantitative estimate of drug-likeness (QED) is 0.619. The molecule has 0 radical (unpaired) electrons. The Morgan fingerprint density at radius 1 is 1.67 bits per heavy atom. The van der Waals surface area contributed by atoms with Crippen LogP contribution in [0.5, 0.6) is 0 Å². The Hall–Kier alpha value is -1.03. The van der Waals surface area contributed by atoms with Crippen LogP contribution in [0.1, 0.15) is 19.5 Å². The van der Waals surface area contributed by atoms with Gasteiger partial charge < -0.3 is 10.5 Å². The van der Waals surface area contributed by atoms with Crippen molar-refractivity contribution in [1.29, 1.82) is 0 Å². The molecule has 66 valence electrons. The van der Waals surface area contributed by atoms with Crippen molar-refractivity contribution in [2.24, 2.45) is 0 Å². The summed E-state index contributed by atoms with van der Waals surface area (Å²) in [5, 5.41) is 4.16. The second kappa shape index (κ2) is 2.23. The molecule has 0 atom stereocenters. The van der Waals surface area contributed by atoms with Gasteiger partial charge in [0.05, 0.1) is 30.7 Å². The lowest BCUT2D eigenvalue weighted by atomic mass is 10.0. The van der Waals surface area contributed by atoms with Crippen LogP contribution in [0.15, 0.2) is 6.20 Å². The predicted octanol–water partition coefficient (Wildman–Crippen LogP) is 0.731. The summed E-state index contributed by atoms with van der Waals surface area (Å²) in [6.07, 6.45) is 1.69. The first-order valence-electron chi connectivity index (χ1n) is 4.07. The first kappa shape index (κ1) is 7.61. The van der Waals surface area contributed by atoms with Gasteiger partial charge in [0.15, 0.2) is 0 Å². The molecule has 0 amide bonds. The van der Waals surface area contributed by atoms with Crippen molar-refractivity contribution in [2.45, 2.75) is 26.0 Å². The average Bonchev–Trinajstić information content (AvgIpc) is 2.32. The molecule has 2 heterocycles. The molecule has 0 saturated heterocycles. The highest BCUT2D eigenvalue weighted by Crippen LogP contribution is 2.31. The molecule has 0 saturated carbocycles. The van der Waals surface area contributed by atoms with Crippen LogP contribution in [-0.2, 0) is 16.9 Å². The SMILES string of the molecule is CC1(C)OCCn2ncc(N)c21. The Morgan fingerprint density at radius 2 is 2.42 bits per heavy atom. The van der Waals surface area contributed by atoms with Gasteiger partial charge in [0.25, 0.3) is 0 Å². The molecule has 0 aliphatic carbocycles. The first-order valence-corrected chi connectivity index (χ1v) is 4.07. The molecule has 4 heteroatoms. The number of nitrogens with zero attached hydrogens (tertiary/aromatic N) is 2. The average molecular weight is 167 g/mol. The van der Waals surface area contributed by atoms with Crippen molar-refractivity contribution in [3.63, 3.8) is 0 Å². The van der Waals surface area contributed by atoms with E-state index in [2.05, 4.69) is 5.10 Å². The highest BCUT2D eigenvalue weighted by Gasteiger charge is 2.31. The summed E-state index contributed by atoms with van der Waals surface area (Å²) in [5.74, 6) is 0. The van der Waals surface area contributed by atoms with Crippen LogP contribution < -0.4 is 5.73 Å². The standard InChI is InChI=1S/C8H13N3O/c1-8(2)7-6(9)5-10-11(7)3-4-12-8/h5H,3-4,9H2,1-2H3. The lowest BCUT2D eigenvalue weighted by molar-refractivity contribution is -0.0526. The largest absolute Gasteiger partial charge is 0.396 e. The van der Waals surface area contributed by atoms with Gasteiger partial charge in [-0.2, -0.15) is 5.10 Å². The van der Waals surface area contributed by atoms with E-state index in [-0.39, 0.29) is 5.60 Å². The smallest absolute Gasteiger partial charge is 0.106 e. The second-order valence-electron chi connectivity index (χ2n) is 3.53. The molecule has 1 aromatic rings. The molecule has 12 heavy (non-hydrogen) atoms. The number of hydrogen-bond donors (Lipinski definition) is 1. The maximum absolute atomic E-state index is 5.77. The van der Waals surface area contributed by atoms with Gasteiger partial charge in [-0.1, -0.05) is 0 Å². The monoisotopic (exact) mass is 167 g/mol. The molecular weight excluding hydrogens is 154 g/mol. The minimum absolute atomic E-state index is 0.293. The summed E-state index contributed by atoms with van der Waals surface area (Å²) < 4.78 is 7.51. The number of hydrogen-bond acceptors (Lipinski definition) is 3. The third kappa shape index (κ3) is 0.914. The fourth-order valence-corrected chi connectivity index (χ4v) is 1.68. The summed E-state index contributed by atoms with van der Waals surface area (Å²) in [4.78, 5) is 0. The van der Waals surface area contributed by atoms with E-state index in [1.807, 2.05) is 18.5 Å². The van der Waals surface area contributed by atoms with Crippen LogP contribution in [-0.4, -0.2) is 16.4 Å². The van der Waals surface area contributed by atoms with Gasteiger partial charge in [-0.05, 0) is 13.8 Å². The van der Waals surface area contributed by atoms with Crippen LogP contribution in [0.25, 0.3) is 0 Å². The Bertz CT molecular complexity index is 303.